The fourth-order valence-electron chi connectivity index (χ4n) is 2.04. The minimum atomic E-state index is -0.443. The van der Waals surface area contributed by atoms with Crippen molar-refractivity contribution in [1.29, 1.82) is 0 Å². The minimum absolute atomic E-state index is 0.0762. The van der Waals surface area contributed by atoms with E-state index in [1.807, 2.05) is 12.1 Å². The second-order valence-electron chi connectivity index (χ2n) is 4.81. The lowest BCUT2D eigenvalue weighted by Crippen LogP contribution is -2.09. The average molecular weight is 313 g/mol. The molecule has 0 atom stereocenters. The van der Waals surface area contributed by atoms with E-state index in [4.69, 9.17) is 13.9 Å². The third kappa shape index (κ3) is 3.23. The highest BCUT2D eigenvalue weighted by molar-refractivity contribution is 5.87. The van der Waals surface area contributed by atoms with Gasteiger partial charge in [0.25, 0.3) is 5.89 Å². The number of esters is 1. The summed E-state index contributed by atoms with van der Waals surface area (Å²) in [5.41, 5.74) is 1.22. The average Bonchev–Trinajstić information content (AvgIpc) is 3.22. The summed E-state index contributed by atoms with van der Waals surface area (Å²) in [6.07, 6.45) is 1.77. The fourth-order valence-corrected chi connectivity index (χ4v) is 2.04. The van der Waals surface area contributed by atoms with Gasteiger partial charge >= 0.3 is 5.97 Å². The number of hydrogen-bond donors (Lipinski definition) is 0. The standard InChI is InChI=1S/C16H15N3O4/c1-19-9-3-4-13(19)16(20)22-10-14-17-18-15(23-14)11-5-7-12(21-2)8-6-11/h3-9H,10H2,1-2H3. The molecular formula is C16H15N3O4. The van der Waals surface area contributed by atoms with Gasteiger partial charge in [0.05, 0.1) is 7.11 Å². The van der Waals surface area contributed by atoms with Crippen molar-refractivity contribution in [2.45, 2.75) is 6.61 Å². The molecule has 0 N–H and O–H groups in total. The van der Waals surface area contributed by atoms with Gasteiger partial charge in [-0.2, -0.15) is 0 Å². The number of methoxy groups -OCH3 is 1. The Labute approximate surface area is 132 Å². The second-order valence-corrected chi connectivity index (χ2v) is 4.81. The summed E-state index contributed by atoms with van der Waals surface area (Å²) in [5.74, 6) is 0.891. The molecule has 118 valence electrons. The van der Waals surface area contributed by atoms with Crippen LogP contribution >= 0.6 is 0 Å². The summed E-state index contributed by atoms with van der Waals surface area (Å²) in [4.78, 5) is 11.9. The molecule has 3 aromatic rings. The van der Waals surface area contributed by atoms with Crippen LogP contribution in [-0.4, -0.2) is 27.8 Å². The third-order valence-electron chi connectivity index (χ3n) is 3.28. The van der Waals surface area contributed by atoms with E-state index in [9.17, 15) is 4.79 Å². The number of ether oxygens (including phenoxy) is 2. The van der Waals surface area contributed by atoms with Crippen LogP contribution < -0.4 is 4.74 Å². The zero-order chi connectivity index (χ0) is 16.2. The van der Waals surface area contributed by atoms with Crippen molar-refractivity contribution in [3.63, 3.8) is 0 Å². The molecule has 0 amide bonds. The van der Waals surface area contributed by atoms with Gasteiger partial charge in [-0.05, 0) is 36.4 Å². The van der Waals surface area contributed by atoms with Crippen molar-refractivity contribution in [2.24, 2.45) is 7.05 Å². The predicted molar refractivity (Wildman–Crippen MR) is 80.8 cm³/mol. The highest BCUT2D eigenvalue weighted by Gasteiger charge is 2.14. The third-order valence-corrected chi connectivity index (χ3v) is 3.28. The largest absolute Gasteiger partial charge is 0.497 e. The Kier molecular flexibility index (Phi) is 4.09. The second kappa shape index (κ2) is 6.35. The number of benzene rings is 1. The number of rotatable bonds is 5. The van der Waals surface area contributed by atoms with E-state index in [1.165, 1.54) is 0 Å². The van der Waals surface area contributed by atoms with E-state index in [1.54, 1.807) is 49.2 Å². The van der Waals surface area contributed by atoms with Crippen molar-refractivity contribution in [1.82, 2.24) is 14.8 Å². The van der Waals surface area contributed by atoms with Gasteiger partial charge in [-0.3, -0.25) is 0 Å². The first-order chi connectivity index (χ1) is 11.2. The number of aromatic nitrogens is 3. The van der Waals surface area contributed by atoms with Crippen LogP contribution in [0.5, 0.6) is 5.75 Å². The molecule has 0 bridgehead atoms. The minimum Gasteiger partial charge on any atom is -0.497 e. The first-order valence-electron chi connectivity index (χ1n) is 6.92. The van der Waals surface area contributed by atoms with Crippen LogP contribution in [0.4, 0.5) is 0 Å². The number of aryl methyl sites for hydroxylation is 1. The molecule has 23 heavy (non-hydrogen) atoms. The molecule has 0 radical (unpaired) electrons. The molecule has 0 spiro atoms. The van der Waals surface area contributed by atoms with Crippen LogP contribution in [0, 0.1) is 0 Å². The monoisotopic (exact) mass is 313 g/mol. The van der Waals surface area contributed by atoms with Gasteiger partial charge in [-0.1, -0.05) is 0 Å². The van der Waals surface area contributed by atoms with Gasteiger partial charge in [-0.25, -0.2) is 4.79 Å². The molecule has 0 fully saturated rings. The molecule has 0 unspecified atom stereocenters. The van der Waals surface area contributed by atoms with Crippen molar-refractivity contribution in [3.8, 4) is 17.2 Å². The summed E-state index contributed by atoms with van der Waals surface area (Å²) in [6, 6.07) is 10.7. The molecule has 7 nitrogen and oxygen atoms in total. The first-order valence-corrected chi connectivity index (χ1v) is 6.92. The Morgan fingerprint density at radius 1 is 1.22 bits per heavy atom. The van der Waals surface area contributed by atoms with Crippen LogP contribution in [0.15, 0.2) is 47.0 Å². The summed E-state index contributed by atoms with van der Waals surface area (Å²) in [5, 5.41) is 7.83. The Balaban J connectivity index is 1.65. The summed E-state index contributed by atoms with van der Waals surface area (Å²) >= 11 is 0. The van der Waals surface area contributed by atoms with Crippen LogP contribution in [-0.2, 0) is 18.4 Å². The molecule has 0 aliphatic carbocycles. The van der Waals surface area contributed by atoms with Gasteiger partial charge < -0.3 is 18.5 Å². The van der Waals surface area contributed by atoms with E-state index < -0.39 is 5.97 Å². The molecule has 0 aliphatic heterocycles. The van der Waals surface area contributed by atoms with Crippen LogP contribution in [0.2, 0.25) is 0 Å². The highest BCUT2D eigenvalue weighted by atomic mass is 16.5. The molecule has 2 heterocycles. The molecule has 0 saturated carbocycles. The lowest BCUT2D eigenvalue weighted by Gasteiger charge is -2.02. The molecule has 0 aliphatic rings. The SMILES string of the molecule is COc1ccc(-c2nnc(COC(=O)c3cccn3C)o2)cc1. The molecule has 3 rings (SSSR count). The Hall–Kier alpha value is -3.09. The Morgan fingerprint density at radius 3 is 2.65 bits per heavy atom. The topological polar surface area (TPSA) is 79.4 Å². The smallest absolute Gasteiger partial charge is 0.355 e. The lowest BCUT2D eigenvalue weighted by atomic mass is 10.2. The van der Waals surface area contributed by atoms with Crippen LogP contribution in [0.25, 0.3) is 11.5 Å². The van der Waals surface area contributed by atoms with Gasteiger partial charge in [0, 0.05) is 18.8 Å². The Morgan fingerprint density at radius 2 is 2.00 bits per heavy atom. The fraction of sp³-hybridized carbons (Fsp3) is 0.188. The molecular weight excluding hydrogens is 298 g/mol. The molecule has 0 saturated heterocycles. The number of carbonyl (C=O) groups is 1. The maximum Gasteiger partial charge on any atom is 0.355 e. The van der Waals surface area contributed by atoms with Crippen molar-refractivity contribution < 1.29 is 18.7 Å². The lowest BCUT2D eigenvalue weighted by molar-refractivity contribution is 0.0427. The molecule has 7 heteroatoms. The Bertz CT molecular complexity index is 805. The van der Waals surface area contributed by atoms with Gasteiger partial charge in [0.15, 0.2) is 6.61 Å². The van der Waals surface area contributed by atoms with Gasteiger partial charge in [0.2, 0.25) is 5.89 Å². The zero-order valence-electron chi connectivity index (χ0n) is 12.7. The molecule has 2 aromatic heterocycles. The van der Waals surface area contributed by atoms with Crippen molar-refractivity contribution >= 4 is 5.97 Å². The van der Waals surface area contributed by atoms with Crippen molar-refractivity contribution in [2.75, 3.05) is 7.11 Å². The quantitative estimate of drug-likeness (QED) is 0.673. The first kappa shape index (κ1) is 14.8. The maximum atomic E-state index is 11.9. The zero-order valence-corrected chi connectivity index (χ0v) is 12.7. The van der Waals surface area contributed by atoms with Crippen LogP contribution in [0.1, 0.15) is 16.4 Å². The summed E-state index contributed by atoms with van der Waals surface area (Å²) in [7, 11) is 3.37. The van der Waals surface area contributed by atoms with E-state index in [2.05, 4.69) is 10.2 Å². The van der Waals surface area contributed by atoms with E-state index >= 15 is 0 Å². The highest BCUT2D eigenvalue weighted by Crippen LogP contribution is 2.21. The van der Waals surface area contributed by atoms with Crippen LogP contribution in [0.3, 0.4) is 0 Å². The van der Waals surface area contributed by atoms with Gasteiger partial charge in [0.1, 0.15) is 11.4 Å². The maximum absolute atomic E-state index is 11.9. The predicted octanol–water partition coefficient (Wildman–Crippen LogP) is 2.44. The van der Waals surface area contributed by atoms with Gasteiger partial charge in [-0.15, -0.1) is 10.2 Å². The number of nitrogens with zero attached hydrogens (tertiary/aromatic N) is 3. The van der Waals surface area contributed by atoms with E-state index in [-0.39, 0.29) is 12.5 Å². The number of carbonyl (C=O) groups excluding carboxylic acids is 1. The summed E-state index contributed by atoms with van der Waals surface area (Å²) in [6.45, 7) is -0.0762. The summed E-state index contributed by atoms with van der Waals surface area (Å²) < 4.78 is 17.4. The normalized spacial score (nSPS) is 10.5. The van der Waals surface area contributed by atoms with E-state index in [0.717, 1.165) is 11.3 Å². The van der Waals surface area contributed by atoms with Crippen molar-refractivity contribution in [3.05, 3.63) is 54.2 Å². The number of hydrogen-bond acceptors (Lipinski definition) is 6. The molecule has 1 aromatic carbocycles. The van der Waals surface area contributed by atoms with E-state index in [0.29, 0.717) is 11.6 Å².